The van der Waals surface area contributed by atoms with Gasteiger partial charge in [0.1, 0.15) is 17.9 Å². The van der Waals surface area contributed by atoms with E-state index in [1.807, 2.05) is 25.4 Å². The normalized spacial score (nSPS) is 11.3. The standard InChI is InChI=1S/C18H15FN4O2/c1-22-8-6-13-7-9-23(18(24)17(13)22)11-16-20-15(21-25-16)10-12-2-4-14(19)5-3-12/h2-9H,10-11H2,1H3. The van der Waals surface area contributed by atoms with Gasteiger partial charge in [-0.25, -0.2) is 4.39 Å². The van der Waals surface area contributed by atoms with Crippen LogP contribution in [-0.4, -0.2) is 19.3 Å². The molecule has 7 heteroatoms. The average Bonchev–Trinajstić information content (AvgIpc) is 3.19. The van der Waals surface area contributed by atoms with Crippen LogP contribution in [0.15, 0.2) is 58.1 Å². The lowest BCUT2D eigenvalue weighted by atomic mass is 10.1. The highest BCUT2D eigenvalue weighted by molar-refractivity contribution is 5.78. The zero-order valence-electron chi connectivity index (χ0n) is 13.5. The van der Waals surface area contributed by atoms with Gasteiger partial charge in [-0.3, -0.25) is 4.79 Å². The summed E-state index contributed by atoms with van der Waals surface area (Å²) in [5.74, 6) is 0.565. The average molecular weight is 338 g/mol. The molecule has 6 nitrogen and oxygen atoms in total. The van der Waals surface area contributed by atoms with Gasteiger partial charge in [-0.15, -0.1) is 0 Å². The van der Waals surface area contributed by atoms with Crippen LogP contribution in [0.2, 0.25) is 0 Å². The number of aromatic nitrogens is 4. The van der Waals surface area contributed by atoms with Gasteiger partial charge < -0.3 is 13.7 Å². The van der Waals surface area contributed by atoms with Crippen molar-refractivity contribution in [2.75, 3.05) is 0 Å². The highest BCUT2D eigenvalue weighted by Crippen LogP contribution is 2.11. The Balaban J connectivity index is 1.57. The number of nitrogens with zero attached hydrogens (tertiary/aromatic N) is 4. The fourth-order valence-electron chi connectivity index (χ4n) is 2.81. The first-order chi connectivity index (χ1) is 12.1. The number of benzene rings is 1. The van der Waals surface area contributed by atoms with E-state index in [0.717, 1.165) is 10.9 Å². The lowest BCUT2D eigenvalue weighted by Crippen LogP contribution is -2.21. The van der Waals surface area contributed by atoms with Crippen LogP contribution in [0.3, 0.4) is 0 Å². The molecule has 0 aliphatic carbocycles. The first kappa shape index (κ1) is 15.3. The zero-order valence-corrected chi connectivity index (χ0v) is 13.5. The molecule has 126 valence electrons. The van der Waals surface area contributed by atoms with Gasteiger partial charge in [0.25, 0.3) is 5.56 Å². The Morgan fingerprint density at radius 2 is 1.88 bits per heavy atom. The van der Waals surface area contributed by atoms with Gasteiger partial charge in [-0.2, -0.15) is 4.98 Å². The molecule has 0 N–H and O–H groups in total. The zero-order chi connectivity index (χ0) is 17.4. The SMILES string of the molecule is Cn1ccc2ccn(Cc3nc(Cc4ccc(F)cc4)no3)c(=O)c21. The van der Waals surface area contributed by atoms with E-state index in [1.165, 1.54) is 16.7 Å². The van der Waals surface area contributed by atoms with E-state index in [-0.39, 0.29) is 17.9 Å². The minimum Gasteiger partial charge on any atom is -0.346 e. The highest BCUT2D eigenvalue weighted by atomic mass is 19.1. The molecule has 3 aromatic heterocycles. The maximum absolute atomic E-state index is 12.9. The number of pyridine rings is 1. The van der Waals surface area contributed by atoms with Crippen molar-refractivity contribution in [3.05, 3.63) is 82.2 Å². The maximum Gasteiger partial charge on any atom is 0.275 e. The van der Waals surface area contributed by atoms with Crippen molar-refractivity contribution in [3.63, 3.8) is 0 Å². The summed E-state index contributed by atoms with van der Waals surface area (Å²) in [6, 6.07) is 9.93. The van der Waals surface area contributed by atoms with E-state index >= 15 is 0 Å². The molecular formula is C18H15FN4O2. The van der Waals surface area contributed by atoms with Crippen LogP contribution in [0.1, 0.15) is 17.3 Å². The number of aryl methyl sites for hydroxylation is 1. The summed E-state index contributed by atoms with van der Waals surface area (Å²) >= 11 is 0. The number of hydrogen-bond acceptors (Lipinski definition) is 4. The Kier molecular flexibility index (Phi) is 3.68. The molecule has 0 saturated carbocycles. The van der Waals surface area contributed by atoms with Crippen LogP contribution >= 0.6 is 0 Å². The van der Waals surface area contributed by atoms with E-state index < -0.39 is 0 Å². The molecule has 0 amide bonds. The number of hydrogen-bond donors (Lipinski definition) is 0. The molecule has 25 heavy (non-hydrogen) atoms. The summed E-state index contributed by atoms with van der Waals surface area (Å²) in [4.78, 5) is 16.9. The molecular weight excluding hydrogens is 323 g/mol. The molecule has 0 bridgehead atoms. The van der Waals surface area contributed by atoms with Gasteiger partial charge in [-0.1, -0.05) is 17.3 Å². The van der Waals surface area contributed by atoms with Crippen LogP contribution in [0, 0.1) is 5.82 Å². The topological polar surface area (TPSA) is 65.8 Å². The minimum absolute atomic E-state index is 0.108. The molecule has 1 aromatic carbocycles. The smallest absolute Gasteiger partial charge is 0.275 e. The van der Waals surface area contributed by atoms with E-state index in [2.05, 4.69) is 10.1 Å². The molecule has 0 aliphatic rings. The van der Waals surface area contributed by atoms with Gasteiger partial charge in [0.2, 0.25) is 5.89 Å². The number of rotatable bonds is 4. The van der Waals surface area contributed by atoms with E-state index in [1.54, 1.807) is 22.9 Å². The van der Waals surface area contributed by atoms with Gasteiger partial charge in [0.15, 0.2) is 5.82 Å². The molecule has 0 spiro atoms. The van der Waals surface area contributed by atoms with Crippen molar-refractivity contribution < 1.29 is 8.91 Å². The Hall–Kier alpha value is -3.22. The van der Waals surface area contributed by atoms with Gasteiger partial charge in [0.05, 0.1) is 0 Å². The predicted octanol–water partition coefficient (Wildman–Crippen LogP) is 2.50. The van der Waals surface area contributed by atoms with E-state index in [4.69, 9.17) is 4.52 Å². The Labute approximate surface area is 142 Å². The van der Waals surface area contributed by atoms with Crippen LogP contribution in [0.25, 0.3) is 10.9 Å². The summed E-state index contributed by atoms with van der Waals surface area (Å²) < 4.78 is 21.5. The Bertz CT molecular complexity index is 1090. The predicted molar refractivity (Wildman–Crippen MR) is 89.8 cm³/mol. The van der Waals surface area contributed by atoms with Crippen LogP contribution in [-0.2, 0) is 20.0 Å². The summed E-state index contributed by atoms with van der Waals surface area (Å²) in [6.07, 6.45) is 4.01. The number of halogens is 1. The lowest BCUT2D eigenvalue weighted by Gasteiger charge is -2.03. The quantitative estimate of drug-likeness (QED) is 0.573. The summed E-state index contributed by atoms with van der Waals surface area (Å²) in [7, 11) is 1.83. The molecule has 3 heterocycles. The van der Waals surface area contributed by atoms with Gasteiger partial charge in [-0.05, 0) is 29.8 Å². The molecule has 0 fully saturated rings. The summed E-state index contributed by atoms with van der Waals surface area (Å²) in [5.41, 5.74) is 1.41. The number of fused-ring (bicyclic) bond motifs is 1. The third-order valence-electron chi connectivity index (χ3n) is 4.09. The van der Waals surface area contributed by atoms with Crippen LogP contribution < -0.4 is 5.56 Å². The Morgan fingerprint density at radius 1 is 1.12 bits per heavy atom. The van der Waals surface area contributed by atoms with Crippen molar-refractivity contribution in [2.45, 2.75) is 13.0 Å². The first-order valence-electron chi connectivity index (χ1n) is 7.80. The van der Waals surface area contributed by atoms with Gasteiger partial charge in [0, 0.05) is 31.2 Å². The molecule has 4 rings (SSSR count). The molecule has 0 saturated heterocycles. The third-order valence-corrected chi connectivity index (χ3v) is 4.09. The second kappa shape index (κ2) is 6.01. The van der Waals surface area contributed by atoms with E-state index in [9.17, 15) is 9.18 Å². The molecule has 0 atom stereocenters. The molecule has 4 aromatic rings. The van der Waals surface area contributed by atoms with Gasteiger partial charge >= 0.3 is 0 Å². The largest absolute Gasteiger partial charge is 0.346 e. The van der Waals surface area contributed by atoms with Crippen molar-refractivity contribution in [2.24, 2.45) is 7.05 Å². The van der Waals surface area contributed by atoms with Crippen molar-refractivity contribution in [1.82, 2.24) is 19.3 Å². The second-order valence-electron chi connectivity index (χ2n) is 5.89. The minimum atomic E-state index is -0.284. The first-order valence-corrected chi connectivity index (χ1v) is 7.80. The van der Waals surface area contributed by atoms with Crippen molar-refractivity contribution >= 4 is 10.9 Å². The van der Waals surface area contributed by atoms with Crippen LogP contribution in [0.4, 0.5) is 4.39 Å². The fourth-order valence-corrected chi connectivity index (χ4v) is 2.81. The second-order valence-corrected chi connectivity index (χ2v) is 5.89. The molecule has 0 unspecified atom stereocenters. The summed E-state index contributed by atoms with van der Waals surface area (Å²) in [5, 5.41) is 4.82. The highest BCUT2D eigenvalue weighted by Gasteiger charge is 2.11. The molecule has 0 aliphatic heterocycles. The fraction of sp³-hybridized carbons (Fsp3) is 0.167. The summed E-state index contributed by atoms with van der Waals surface area (Å²) in [6.45, 7) is 0.205. The van der Waals surface area contributed by atoms with Crippen LogP contribution in [0.5, 0.6) is 0 Å². The van der Waals surface area contributed by atoms with Crippen molar-refractivity contribution in [1.29, 1.82) is 0 Å². The maximum atomic E-state index is 12.9. The third kappa shape index (κ3) is 2.96. The Morgan fingerprint density at radius 3 is 2.68 bits per heavy atom. The monoisotopic (exact) mass is 338 g/mol. The molecule has 0 radical (unpaired) electrons. The van der Waals surface area contributed by atoms with E-state index in [0.29, 0.717) is 23.7 Å². The lowest BCUT2D eigenvalue weighted by molar-refractivity contribution is 0.365. The van der Waals surface area contributed by atoms with Crippen molar-refractivity contribution in [3.8, 4) is 0 Å².